The van der Waals surface area contributed by atoms with Crippen molar-refractivity contribution in [1.29, 1.82) is 0 Å². The molecule has 0 bridgehead atoms. The molecule has 1 aliphatic carbocycles. The van der Waals surface area contributed by atoms with Crippen LogP contribution in [-0.4, -0.2) is 34.1 Å². The maximum absolute atomic E-state index is 12.9. The van der Waals surface area contributed by atoms with Gasteiger partial charge in [-0.2, -0.15) is 0 Å². The first-order valence-corrected chi connectivity index (χ1v) is 9.80. The molecule has 1 aliphatic rings. The zero-order valence-corrected chi connectivity index (χ0v) is 16.9. The van der Waals surface area contributed by atoms with E-state index in [-0.39, 0.29) is 6.42 Å². The Balaban J connectivity index is 1.77. The number of hydrogen-bond donors (Lipinski definition) is 3. The van der Waals surface area contributed by atoms with Crippen LogP contribution in [0.15, 0.2) is 42.5 Å². The fraction of sp³-hybridized carbons (Fsp3) is 0.435. The summed E-state index contributed by atoms with van der Waals surface area (Å²) < 4.78 is 0. The van der Waals surface area contributed by atoms with Crippen molar-refractivity contribution < 1.29 is 24.6 Å². The number of fused-ring (bicyclic) bond motifs is 1. The molecular weight excluding hydrogens is 370 g/mol. The molecule has 6 nitrogen and oxygen atoms in total. The van der Waals surface area contributed by atoms with Crippen LogP contribution in [0.4, 0.5) is 0 Å². The molecule has 6 heteroatoms. The Labute approximate surface area is 169 Å². The van der Waals surface area contributed by atoms with E-state index in [1.54, 1.807) is 20.8 Å². The van der Waals surface area contributed by atoms with Gasteiger partial charge in [0.05, 0.1) is 5.41 Å². The van der Waals surface area contributed by atoms with Crippen LogP contribution >= 0.6 is 0 Å². The second-order valence-electron chi connectivity index (χ2n) is 8.74. The van der Waals surface area contributed by atoms with Crippen molar-refractivity contribution in [1.82, 2.24) is 5.32 Å². The standard InChI is InChI=1S/C23H27NO5/c1-22(2)17(10-11-23(22,3)21(28)29)19(25)24-18(20(26)27)13-14-8-9-15-6-4-5-7-16(15)12-14/h4-9,12,17-18H,10-11,13H2,1-3H3,(H,24,25)(H,26,27)(H,28,29)/t17-,18+,23-/m0/s1. The Kier molecular flexibility index (Phi) is 5.39. The highest BCUT2D eigenvalue weighted by Crippen LogP contribution is 2.56. The van der Waals surface area contributed by atoms with Gasteiger partial charge in [0.1, 0.15) is 6.04 Å². The summed E-state index contributed by atoms with van der Waals surface area (Å²) >= 11 is 0. The number of carboxylic acids is 2. The Morgan fingerprint density at radius 2 is 1.72 bits per heavy atom. The van der Waals surface area contributed by atoms with Crippen molar-refractivity contribution in [3.05, 3.63) is 48.0 Å². The van der Waals surface area contributed by atoms with Crippen LogP contribution in [0.5, 0.6) is 0 Å². The highest BCUT2D eigenvalue weighted by molar-refractivity contribution is 5.88. The molecule has 1 fully saturated rings. The minimum absolute atomic E-state index is 0.162. The van der Waals surface area contributed by atoms with Crippen LogP contribution < -0.4 is 5.32 Å². The van der Waals surface area contributed by atoms with Crippen molar-refractivity contribution in [3.63, 3.8) is 0 Å². The maximum atomic E-state index is 12.9. The van der Waals surface area contributed by atoms with Gasteiger partial charge in [-0.05, 0) is 41.5 Å². The first-order valence-electron chi connectivity index (χ1n) is 9.80. The van der Waals surface area contributed by atoms with E-state index in [0.717, 1.165) is 16.3 Å². The van der Waals surface area contributed by atoms with Gasteiger partial charge >= 0.3 is 11.9 Å². The van der Waals surface area contributed by atoms with Gasteiger partial charge < -0.3 is 15.5 Å². The van der Waals surface area contributed by atoms with E-state index in [2.05, 4.69) is 5.32 Å². The molecule has 154 valence electrons. The summed E-state index contributed by atoms with van der Waals surface area (Å²) in [5.74, 6) is -2.98. The third kappa shape index (κ3) is 3.71. The van der Waals surface area contributed by atoms with E-state index in [0.29, 0.717) is 12.8 Å². The number of nitrogens with one attached hydrogen (secondary N) is 1. The van der Waals surface area contributed by atoms with Crippen molar-refractivity contribution in [3.8, 4) is 0 Å². The van der Waals surface area contributed by atoms with Crippen LogP contribution in [0, 0.1) is 16.7 Å². The lowest BCUT2D eigenvalue weighted by atomic mass is 9.65. The lowest BCUT2D eigenvalue weighted by Gasteiger charge is -2.38. The normalized spacial score (nSPS) is 24.2. The Morgan fingerprint density at radius 1 is 1.07 bits per heavy atom. The molecule has 0 saturated heterocycles. The Morgan fingerprint density at radius 3 is 2.31 bits per heavy atom. The van der Waals surface area contributed by atoms with Crippen molar-refractivity contribution in [2.24, 2.45) is 16.7 Å². The lowest BCUT2D eigenvalue weighted by Crippen LogP contribution is -2.49. The fourth-order valence-electron chi connectivity index (χ4n) is 4.42. The van der Waals surface area contributed by atoms with Gasteiger partial charge in [-0.25, -0.2) is 4.79 Å². The lowest BCUT2D eigenvalue weighted by molar-refractivity contribution is -0.155. The molecule has 3 atom stereocenters. The third-order valence-electron chi connectivity index (χ3n) is 6.88. The third-order valence-corrected chi connectivity index (χ3v) is 6.88. The Hall–Kier alpha value is -2.89. The minimum Gasteiger partial charge on any atom is -0.481 e. The largest absolute Gasteiger partial charge is 0.481 e. The van der Waals surface area contributed by atoms with Gasteiger partial charge in [0, 0.05) is 12.3 Å². The summed E-state index contributed by atoms with van der Waals surface area (Å²) in [6, 6.07) is 12.5. The van der Waals surface area contributed by atoms with E-state index in [4.69, 9.17) is 0 Å². The molecule has 0 radical (unpaired) electrons. The first kappa shape index (κ1) is 20.8. The van der Waals surface area contributed by atoms with Crippen LogP contribution in [0.2, 0.25) is 0 Å². The molecule has 2 aromatic rings. The monoisotopic (exact) mass is 397 g/mol. The topological polar surface area (TPSA) is 104 Å². The van der Waals surface area contributed by atoms with Gasteiger partial charge in [-0.15, -0.1) is 0 Å². The molecular formula is C23H27NO5. The van der Waals surface area contributed by atoms with Crippen molar-refractivity contribution in [2.45, 2.75) is 46.1 Å². The maximum Gasteiger partial charge on any atom is 0.326 e. The quantitative estimate of drug-likeness (QED) is 0.692. The molecule has 3 rings (SSSR count). The molecule has 0 aliphatic heterocycles. The summed E-state index contributed by atoms with van der Waals surface area (Å²) in [4.78, 5) is 36.5. The highest BCUT2D eigenvalue weighted by atomic mass is 16.4. The minimum atomic E-state index is -1.11. The van der Waals surface area contributed by atoms with Crippen LogP contribution in [0.1, 0.15) is 39.2 Å². The molecule has 0 aromatic heterocycles. The molecule has 2 aromatic carbocycles. The van der Waals surface area contributed by atoms with E-state index in [1.165, 1.54) is 0 Å². The number of rotatable bonds is 6. The van der Waals surface area contributed by atoms with Gasteiger partial charge in [0.25, 0.3) is 0 Å². The number of amides is 1. The number of aliphatic carboxylic acids is 2. The van der Waals surface area contributed by atoms with Crippen molar-refractivity contribution in [2.75, 3.05) is 0 Å². The van der Waals surface area contributed by atoms with Crippen LogP contribution in [0.25, 0.3) is 10.8 Å². The number of benzene rings is 2. The second-order valence-corrected chi connectivity index (χ2v) is 8.74. The fourth-order valence-corrected chi connectivity index (χ4v) is 4.42. The summed E-state index contributed by atoms with van der Waals surface area (Å²) in [5.41, 5.74) is -0.987. The molecule has 0 heterocycles. The molecule has 0 spiro atoms. The van der Waals surface area contributed by atoms with Gasteiger partial charge in [0.15, 0.2) is 0 Å². The number of carbonyl (C=O) groups excluding carboxylic acids is 1. The van der Waals surface area contributed by atoms with Gasteiger partial charge in [-0.1, -0.05) is 56.3 Å². The van der Waals surface area contributed by atoms with E-state index in [1.807, 2.05) is 42.5 Å². The smallest absolute Gasteiger partial charge is 0.326 e. The summed E-state index contributed by atoms with van der Waals surface area (Å²) in [5, 5.41) is 24.0. The van der Waals surface area contributed by atoms with E-state index >= 15 is 0 Å². The van der Waals surface area contributed by atoms with Crippen LogP contribution in [-0.2, 0) is 20.8 Å². The second kappa shape index (κ2) is 7.50. The zero-order valence-electron chi connectivity index (χ0n) is 16.9. The molecule has 0 unspecified atom stereocenters. The predicted octanol–water partition coefficient (Wildman–Crippen LogP) is 3.48. The summed E-state index contributed by atoms with van der Waals surface area (Å²) in [6.07, 6.45) is 0.967. The Bertz CT molecular complexity index is 967. The summed E-state index contributed by atoms with van der Waals surface area (Å²) in [7, 11) is 0. The molecule has 29 heavy (non-hydrogen) atoms. The van der Waals surface area contributed by atoms with Gasteiger partial charge in [-0.3, -0.25) is 9.59 Å². The average Bonchev–Trinajstić information content (AvgIpc) is 2.91. The van der Waals surface area contributed by atoms with Gasteiger partial charge in [0.2, 0.25) is 5.91 Å². The molecule has 1 amide bonds. The number of carbonyl (C=O) groups is 3. The van der Waals surface area contributed by atoms with Crippen molar-refractivity contribution >= 4 is 28.6 Å². The number of hydrogen-bond acceptors (Lipinski definition) is 3. The first-order chi connectivity index (χ1) is 13.6. The summed E-state index contributed by atoms with van der Waals surface area (Å²) in [6.45, 7) is 5.21. The molecule has 1 saturated carbocycles. The van der Waals surface area contributed by atoms with E-state index in [9.17, 15) is 24.6 Å². The molecule has 3 N–H and O–H groups in total. The SMILES string of the molecule is CC1(C)[C@H](C(=O)N[C@H](Cc2ccc3ccccc3c2)C(=O)O)CC[C@@]1(C)C(=O)O. The van der Waals surface area contributed by atoms with Crippen LogP contribution in [0.3, 0.4) is 0 Å². The zero-order chi connectivity index (χ0) is 21.4. The average molecular weight is 397 g/mol. The number of carboxylic acid groups (broad SMARTS) is 2. The van der Waals surface area contributed by atoms with E-state index < -0.39 is 40.6 Å². The predicted molar refractivity (Wildman–Crippen MR) is 109 cm³/mol. The highest BCUT2D eigenvalue weighted by Gasteiger charge is 2.58.